The van der Waals surface area contributed by atoms with E-state index in [1.54, 1.807) is 0 Å². The van der Waals surface area contributed by atoms with Crippen molar-refractivity contribution in [3.63, 3.8) is 0 Å². The Morgan fingerprint density at radius 2 is 1.81 bits per heavy atom. The summed E-state index contributed by atoms with van der Waals surface area (Å²) in [5.74, 6) is 2.50. The Morgan fingerprint density at radius 3 is 2.56 bits per heavy atom. The molecule has 92 valence electrons. The molecule has 0 N–H and O–H groups in total. The predicted molar refractivity (Wildman–Crippen MR) is 61.1 cm³/mol. The van der Waals surface area contributed by atoms with E-state index in [2.05, 4.69) is 11.7 Å². The molecule has 0 aliphatic heterocycles. The van der Waals surface area contributed by atoms with E-state index in [1.165, 1.54) is 32.8 Å². The van der Waals surface area contributed by atoms with Crippen LogP contribution in [0.2, 0.25) is 0 Å². The average Bonchev–Trinajstić information content (AvgIpc) is 2.28. The second-order valence-corrected chi connectivity index (χ2v) is 5.45. The number of carbonyl (C=O) groups excluding carboxylic acids is 1. The molecule has 0 amide bonds. The highest BCUT2D eigenvalue weighted by Crippen LogP contribution is 2.43. The van der Waals surface area contributed by atoms with Crippen LogP contribution in [0.15, 0.2) is 0 Å². The lowest BCUT2D eigenvalue weighted by Gasteiger charge is -2.40. The minimum absolute atomic E-state index is 0.0963. The lowest BCUT2D eigenvalue weighted by Crippen LogP contribution is -2.34. The van der Waals surface area contributed by atoms with E-state index in [0.717, 1.165) is 30.6 Å². The number of hydrogen-bond donors (Lipinski definition) is 0. The number of carbonyl (C=O) groups is 1. The second-order valence-electron chi connectivity index (χ2n) is 5.45. The molecule has 0 aromatic carbocycles. The maximum atomic E-state index is 11.1. The molecule has 3 heteroatoms. The van der Waals surface area contributed by atoms with E-state index in [1.807, 2.05) is 0 Å². The SMILES string of the molecule is COC(=O)OC1CCC2CC[C@H](C)CC2C1. The first-order valence-electron chi connectivity index (χ1n) is 6.43. The molecule has 3 unspecified atom stereocenters. The van der Waals surface area contributed by atoms with Crippen LogP contribution >= 0.6 is 0 Å². The molecule has 4 atom stereocenters. The molecule has 0 radical (unpaired) electrons. The zero-order valence-corrected chi connectivity index (χ0v) is 10.3. The van der Waals surface area contributed by atoms with Crippen molar-refractivity contribution < 1.29 is 14.3 Å². The Hall–Kier alpha value is -0.730. The van der Waals surface area contributed by atoms with Gasteiger partial charge in [0.25, 0.3) is 0 Å². The van der Waals surface area contributed by atoms with E-state index in [9.17, 15) is 4.79 Å². The first-order valence-corrected chi connectivity index (χ1v) is 6.43. The van der Waals surface area contributed by atoms with Crippen LogP contribution in [0, 0.1) is 17.8 Å². The molecule has 0 saturated heterocycles. The largest absolute Gasteiger partial charge is 0.508 e. The fourth-order valence-corrected chi connectivity index (χ4v) is 3.38. The molecule has 2 saturated carbocycles. The molecule has 0 bridgehead atoms. The van der Waals surface area contributed by atoms with Gasteiger partial charge in [-0.15, -0.1) is 0 Å². The fraction of sp³-hybridized carbons (Fsp3) is 0.923. The number of rotatable bonds is 1. The third-order valence-corrected chi connectivity index (χ3v) is 4.26. The molecule has 2 rings (SSSR count). The summed E-state index contributed by atoms with van der Waals surface area (Å²) in [5.41, 5.74) is 0. The normalized spacial score (nSPS) is 38.6. The molecule has 2 aliphatic carbocycles. The standard InChI is InChI=1S/C13H22O3/c1-9-3-4-10-5-6-12(8-11(10)7-9)16-13(14)15-2/h9-12H,3-8H2,1-2H3/t9-,10?,11?,12?/m0/s1. The summed E-state index contributed by atoms with van der Waals surface area (Å²) in [5, 5.41) is 0. The quantitative estimate of drug-likeness (QED) is 0.643. The van der Waals surface area contributed by atoms with Crippen molar-refractivity contribution in [1.29, 1.82) is 0 Å². The molecule has 2 fully saturated rings. The summed E-state index contributed by atoms with van der Waals surface area (Å²) in [6, 6.07) is 0. The van der Waals surface area contributed by atoms with Gasteiger partial charge in [0.05, 0.1) is 7.11 Å². The Labute approximate surface area is 97.5 Å². The molecular weight excluding hydrogens is 204 g/mol. The molecular formula is C13H22O3. The Morgan fingerprint density at radius 1 is 1.06 bits per heavy atom. The monoisotopic (exact) mass is 226 g/mol. The van der Waals surface area contributed by atoms with Crippen LogP contribution in [0.4, 0.5) is 4.79 Å². The second kappa shape index (κ2) is 5.07. The van der Waals surface area contributed by atoms with Gasteiger partial charge in [0.1, 0.15) is 6.10 Å². The van der Waals surface area contributed by atoms with Gasteiger partial charge in [0.2, 0.25) is 0 Å². The van der Waals surface area contributed by atoms with Crippen LogP contribution < -0.4 is 0 Å². The molecule has 0 spiro atoms. The number of fused-ring (bicyclic) bond motifs is 1. The van der Waals surface area contributed by atoms with Gasteiger partial charge in [-0.25, -0.2) is 4.79 Å². The van der Waals surface area contributed by atoms with E-state index in [4.69, 9.17) is 4.74 Å². The third-order valence-electron chi connectivity index (χ3n) is 4.26. The summed E-state index contributed by atoms with van der Waals surface area (Å²) in [6.45, 7) is 2.33. The van der Waals surface area contributed by atoms with Crippen molar-refractivity contribution in [2.24, 2.45) is 17.8 Å². The Balaban J connectivity index is 1.85. The summed E-state index contributed by atoms with van der Waals surface area (Å²) in [6.07, 6.45) is 6.92. The van der Waals surface area contributed by atoms with Crippen LogP contribution in [0.3, 0.4) is 0 Å². The smallest absolute Gasteiger partial charge is 0.438 e. The number of ether oxygens (including phenoxy) is 2. The van der Waals surface area contributed by atoms with E-state index >= 15 is 0 Å². The van der Waals surface area contributed by atoms with Crippen molar-refractivity contribution in [3.8, 4) is 0 Å². The zero-order chi connectivity index (χ0) is 11.5. The van der Waals surface area contributed by atoms with Crippen LogP contribution in [0.5, 0.6) is 0 Å². The first-order chi connectivity index (χ1) is 7.69. The lowest BCUT2D eigenvalue weighted by atomic mass is 9.67. The van der Waals surface area contributed by atoms with Gasteiger partial charge in [-0.1, -0.05) is 13.3 Å². The summed E-state index contributed by atoms with van der Waals surface area (Å²) >= 11 is 0. The summed E-state index contributed by atoms with van der Waals surface area (Å²) < 4.78 is 9.81. The Bertz CT molecular complexity index is 252. The van der Waals surface area contributed by atoms with Crippen LogP contribution in [-0.4, -0.2) is 19.4 Å². The van der Waals surface area contributed by atoms with Crippen molar-refractivity contribution >= 4 is 6.16 Å². The van der Waals surface area contributed by atoms with E-state index in [0.29, 0.717) is 0 Å². The topological polar surface area (TPSA) is 35.5 Å². The molecule has 16 heavy (non-hydrogen) atoms. The molecule has 0 heterocycles. The predicted octanol–water partition coefficient (Wildman–Crippen LogP) is 3.37. The zero-order valence-electron chi connectivity index (χ0n) is 10.3. The molecule has 0 aromatic heterocycles. The highest BCUT2D eigenvalue weighted by molar-refractivity contribution is 5.59. The van der Waals surface area contributed by atoms with Crippen LogP contribution in [-0.2, 0) is 9.47 Å². The molecule has 3 nitrogen and oxygen atoms in total. The summed E-state index contributed by atoms with van der Waals surface area (Å²) in [4.78, 5) is 11.1. The van der Waals surface area contributed by atoms with Gasteiger partial charge in [-0.2, -0.15) is 0 Å². The summed E-state index contributed by atoms with van der Waals surface area (Å²) in [7, 11) is 1.37. The van der Waals surface area contributed by atoms with Gasteiger partial charge in [0.15, 0.2) is 0 Å². The van der Waals surface area contributed by atoms with Crippen molar-refractivity contribution in [1.82, 2.24) is 0 Å². The van der Waals surface area contributed by atoms with Crippen molar-refractivity contribution in [2.45, 2.75) is 51.6 Å². The minimum atomic E-state index is -0.521. The average molecular weight is 226 g/mol. The van der Waals surface area contributed by atoms with Gasteiger partial charge >= 0.3 is 6.16 Å². The minimum Gasteiger partial charge on any atom is -0.438 e. The van der Waals surface area contributed by atoms with Gasteiger partial charge in [0, 0.05) is 0 Å². The van der Waals surface area contributed by atoms with Gasteiger partial charge in [-0.05, 0) is 49.9 Å². The highest BCUT2D eigenvalue weighted by atomic mass is 16.7. The first kappa shape index (κ1) is 11.7. The molecule has 0 aromatic rings. The Kier molecular flexibility index (Phi) is 3.72. The van der Waals surface area contributed by atoms with E-state index in [-0.39, 0.29) is 6.10 Å². The lowest BCUT2D eigenvalue weighted by molar-refractivity contribution is -0.0101. The number of methoxy groups -OCH3 is 1. The van der Waals surface area contributed by atoms with Crippen molar-refractivity contribution in [3.05, 3.63) is 0 Å². The number of hydrogen-bond acceptors (Lipinski definition) is 3. The van der Waals surface area contributed by atoms with Crippen LogP contribution in [0.1, 0.15) is 45.4 Å². The van der Waals surface area contributed by atoms with Crippen molar-refractivity contribution in [2.75, 3.05) is 7.11 Å². The van der Waals surface area contributed by atoms with Gasteiger partial charge < -0.3 is 9.47 Å². The fourth-order valence-electron chi connectivity index (χ4n) is 3.38. The maximum Gasteiger partial charge on any atom is 0.508 e. The third kappa shape index (κ3) is 2.69. The highest BCUT2D eigenvalue weighted by Gasteiger charge is 2.35. The molecule has 2 aliphatic rings. The maximum absolute atomic E-state index is 11.1. The van der Waals surface area contributed by atoms with Crippen LogP contribution in [0.25, 0.3) is 0 Å². The van der Waals surface area contributed by atoms with E-state index < -0.39 is 6.16 Å². The van der Waals surface area contributed by atoms with Gasteiger partial charge in [-0.3, -0.25) is 0 Å².